The molecule has 1 fully saturated rings. The topological polar surface area (TPSA) is 161 Å². The van der Waals surface area contributed by atoms with Gasteiger partial charge >= 0.3 is 0 Å². The number of hydrogen-bond donors (Lipinski definition) is 3. The predicted octanol–water partition coefficient (Wildman–Crippen LogP) is 5.86. The van der Waals surface area contributed by atoms with E-state index in [1.54, 1.807) is 39.8 Å². The van der Waals surface area contributed by atoms with E-state index in [1.807, 2.05) is 58.5 Å². The molecule has 0 amide bonds. The molecule has 274 valence electrons. The molecule has 4 aromatic rings. The van der Waals surface area contributed by atoms with Crippen LogP contribution in [0.5, 0.6) is 11.5 Å². The monoisotopic (exact) mass is 727 g/mol. The molecule has 2 aliphatic heterocycles. The van der Waals surface area contributed by atoms with Gasteiger partial charge in [0.15, 0.2) is 34.3 Å². The van der Waals surface area contributed by atoms with E-state index < -0.39 is 5.60 Å². The molecule has 3 aliphatic rings. The van der Waals surface area contributed by atoms with Crippen molar-refractivity contribution in [2.45, 2.75) is 90.7 Å². The Labute approximate surface area is 307 Å². The van der Waals surface area contributed by atoms with Crippen LogP contribution in [0.2, 0.25) is 5.02 Å². The van der Waals surface area contributed by atoms with Gasteiger partial charge in [-0.15, -0.1) is 0 Å². The van der Waals surface area contributed by atoms with Crippen molar-refractivity contribution < 1.29 is 19.7 Å². The smallest absolute Gasteiger partial charge is 0.176 e. The van der Waals surface area contributed by atoms with E-state index in [0.29, 0.717) is 66.3 Å². The lowest BCUT2D eigenvalue weighted by molar-refractivity contribution is 0.0698. The van der Waals surface area contributed by atoms with Crippen molar-refractivity contribution in [1.82, 2.24) is 39.0 Å². The van der Waals surface area contributed by atoms with Crippen LogP contribution in [0, 0.1) is 0 Å². The number of ether oxygens (including phenoxy) is 2. The SMILES string of the molecule is CCN=c1ncn(Cc2cccc(Cl)c2)c2nc(C(C)C)[nH]c12.COc1ccc(Cn2cncc3nc(C(C)(C)O)nc2-3)cc1OC1CCC(O)C1. The molecule has 1 saturated carbocycles. The second-order valence-corrected chi connectivity index (χ2v) is 14.2. The number of nitrogens with zero attached hydrogens (tertiary/aromatic N) is 8. The summed E-state index contributed by atoms with van der Waals surface area (Å²) >= 11 is 6.08. The maximum Gasteiger partial charge on any atom is 0.176 e. The Bertz CT molecular complexity index is 2170. The zero-order valence-corrected chi connectivity index (χ0v) is 31.2. The van der Waals surface area contributed by atoms with Crippen LogP contribution in [-0.4, -0.2) is 75.1 Å². The van der Waals surface area contributed by atoms with Gasteiger partial charge in [-0.25, -0.2) is 24.9 Å². The highest BCUT2D eigenvalue weighted by Gasteiger charge is 2.27. The van der Waals surface area contributed by atoms with E-state index >= 15 is 0 Å². The Balaban J connectivity index is 0.000000183. The molecule has 2 aromatic carbocycles. The van der Waals surface area contributed by atoms with Crippen molar-refractivity contribution in [2.24, 2.45) is 4.99 Å². The standard InChI is InChI=1S/C21H26N4O4.C17H20ClN5/c1-21(2,27)20-23-16-10-22-12-25(19(16)24-20)11-13-4-7-17(28-3)18(8-13)29-15-6-5-14(26)9-15;1-4-19-16-14-17(22-15(21-14)11(2)3)23(10-20-16)9-12-6-5-7-13(18)8-12/h4,7-8,10,12,14-15,26-27H,5-6,9,11H2,1-3H3;5-8,10-11H,4,9H2,1-3H3,(H,21,22). The summed E-state index contributed by atoms with van der Waals surface area (Å²) in [5.74, 6) is 3.61. The highest BCUT2D eigenvalue weighted by atomic mass is 35.5. The van der Waals surface area contributed by atoms with Crippen molar-refractivity contribution in [2.75, 3.05) is 13.7 Å². The molecule has 2 unspecified atom stereocenters. The predicted molar refractivity (Wildman–Crippen MR) is 199 cm³/mol. The van der Waals surface area contributed by atoms with E-state index in [-0.39, 0.29) is 12.2 Å². The van der Waals surface area contributed by atoms with Gasteiger partial charge < -0.3 is 33.8 Å². The highest BCUT2D eigenvalue weighted by molar-refractivity contribution is 6.30. The largest absolute Gasteiger partial charge is 0.493 e. The van der Waals surface area contributed by atoms with Gasteiger partial charge in [-0.05, 0) is 69.0 Å². The lowest BCUT2D eigenvalue weighted by atomic mass is 10.1. The lowest BCUT2D eigenvalue weighted by Gasteiger charge is -2.17. The number of aromatic nitrogens is 8. The molecular formula is C38H46ClN9O4. The first-order valence-electron chi connectivity index (χ1n) is 17.5. The minimum atomic E-state index is -1.12. The maximum absolute atomic E-state index is 10.2. The van der Waals surface area contributed by atoms with Crippen molar-refractivity contribution in [3.8, 4) is 23.0 Å². The number of halogens is 1. The minimum absolute atomic E-state index is 0.0119. The maximum atomic E-state index is 10.2. The molecule has 52 heavy (non-hydrogen) atoms. The Hall–Kier alpha value is -4.85. The molecule has 4 heterocycles. The number of fused-ring (bicyclic) bond motifs is 2. The van der Waals surface area contributed by atoms with Crippen molar-refractivity contribution in [3.05, 3.63) is 94.6 Å². The minimum Gasteiger partial charge on any atom is -0.493 e. The molecular weight excluding hydrogens is 682 g/mol. The Morgan fingerprint density at radius 3 is 2.50 bits per heavy atom. The average molecular weight is 728 g/mol. The molecule has 0 spiro atoms. The summed E-state index contributed by atoms with van der Waals surface area (Å²) in [6.45, 7) is 11.4. The van der Waals surface area contributed by atoms with Gasteiger partial charge in [0, 0.05) is 23.9 Å². The van der Waals surface area contributed by atoms with Gasteiger partial charge in [-0.1, -0.05) is 43.6 Å². The van der Waals surface area contributed by atoms with Crippen LogP contribution >= 0.6 is 11.6 Å². The van der Waals surface area contributed by atoms with Crippen molar-refractivity contribution in [1.29, 1.82) is 0 Å². The van der Waals surface area contributed by atoms with Crippen LogP contribution in [0.25, 0.3) is 22.7 Å². The molecule has 2 aromatic heterocycles. The van der Waals surface area contributed by atoms with E-state index in [1.165, 1.54) is 0 Å². The number of hydrogen-bond acceptors (Lipinski definition) is 10. The molecule has 0 radical (unpaired) electrons. The van der Waals surface area contributed by atoms with Gasteiger partial charge in [0.25, 0.3) is 0 Å². The third kappa shape index (κ3) is 8.60. The number of aromatic amines is 1. The Kier molecular flexibility index (Phi) is 11.2. The van der Waals surface area contributed by atoms with Crippen molar-refractivity contribution in [3.63, 3.8) is 0 Å². The number of rotatable bonds is 10. The number of methoxy groups -OCH3 is 1. The van der Waals surface area contributed by atoms with E-state index in [0.717, 1.165) is 46.0 Å². The zero-order valence-electron chi connectivity index (χ0n) is 30.4. The summed E-state index contributed by atoms with van der Waals surface area (Å²) in [6.07, 6.45) is 7.05. The second-order valence-electron chi connectivity index (χ2n) is 13.8. The summed E-state index contributed by atoms with van der Waals surface area (Å²) in [7, 11) is 1.61. The van der Waals surface area contributed by atoms with Crippen LogP contribution in [0.3, 0.4) is 0 Å². The second kappa shape index (κ2) is 15.8. The molecule has 1 aliphatic carbocycles. The molecule has 7 rings (SSSR count). The molecule has 3 N–H and O–H groups in total. The number of aliphatic hydroxyl groups is 2. The van der Waals surface area contributed by atoms with E-state index in [2.05, 4.69) is 43.8 Å². The lowest BCUT2D eigenvalue weighted by Crippen LogP contribution is -2.17. The highest BCUT2D eigenvalue weighted by Crippen LogP contribution is 2.33. The Morgan fingerprint density at radius 1 is 1.02 bits per heavy atom. The summed E-state index contributed by atoms with van der Waals surface area (Å²) in [5.41, 5.74) is 4.09. The first kappa shape index (κ1) is 36.9. The van der Waals surface area contributed by atoms with Crippen LogP contribution in [0.1, 0.15) is 82.6 Å². The number of nitrogens with one attached hydrogen (secondary N) is 1. The molecule has 0 saturated heterocycles. The fourth-order valence-electron chi connectivity index (χ4n) is 6.07. The summed E-state index contributed by atoms with van der Waals surface area (Å²) in [5, 5.41) is 20.7. The van der Waals surface area contributed by atoms with Gasteiger partial charge in [-0.2, -0.15) is 0 Å². The Morgan fingerprint density at radius 2 is 1.81 bits per heavy atom. The van der Waals surface area contributed by atoms with Crippen LogP contribution < -0.4 is 15.0 Å². The van der Waals surface area contributed by atoms with Crippen molar-refractivity contribution >= 4 is 22.8 Å². The number of imidazole rings is 2. The summed E-state index contributed by atoms with van der Waals surface area (Å²) < 4.78 is 15.5. The molecule has 14 heteroatoms. The van der Waals surface area contributed by atoms with Crippen LogP contribution in [0.4, 0.5) is 0 Å². The fourth-order valence-corrected chi connectivity index (χ4v) is 6.28. The third-order valence-electron chi connectivity index (χ3n) is 8.74. The van der Waals surface area contributed by atoms with Gasteiger partial charge in [0.2, 0.25) is 0 Å². The number of aliphatic hydroxyl groups excluding tert-OH is 1. The van der Waals surface area contributed by atoms with Gasteiger partial charge in [-0.3, -0.25) is 4.99 Å². The normalized spacial score (nSPS) is 16.5. The zero-order chi connectivity index (χ0) is 37.0. The number of benzene rings is 2. The van der Waals surface area contributed by atoms with E-state index in [9.17, 15) is 10.2 Å². The third-order valence-corrected chi connectivity index (χ3v) is 8.97. The average Bonchev–Trinajstić information content (AvgIpc) is 3.86. The first-order chi connectivity index (χ1) is 24.9. The summed E-state index contributed by atoms with van der Waals surface area (Å²) in [4.78, 5) is 30.2. The quantitative estimate of drug-likeness (QED) is 0.157. The fraction of sp³-hybridized carbons (Fsp3) is 0.421. The molecule has 0 bridgehead atoms. The van der Waals surface area contributed by atoms with Crippen LogP contribution in [0.15, 0.2) is 66.3 Å². The van der Waals surface area contributed by atoms with E-state index in [4.69, 9.17) is 26.1 Å². The number of H-pyrrole nitrogens is 1. The summed E-state index contributed by atoms with van der Waals surface area (Å²) in [6, 6.07) is 13.6. The van der Waals surface area contributed by atoms with Gasteiger partial charge in [0.05, 0.1) is 45.2 Å². The molecule has 2 atom stereocenters. The van der Waals surface area contributed by atoms with Gasteiger partial charge in [0.1, 0.15) is 28.7 Å². The molecule has 13 nitrogen and oxygen atoms in total. The van der Waals surface area contributed by atoms with Crippen LogP contribution in [-0.2, 0) is 18.7 Å². The first-order valence-corrected chi connectivity index (χ1v) is 17.9.